The summed E-state index contributed by atoms with van der Waals surface area (Å²) in [5, 5.41) is 0.513. The Labute approximate surface area is 127 Å². The molecule has 2 aromatic carbocycles. The Morgan fingerprint density at radius 1 is 1.19 bits per heavy atom. The van der Waals surface area contributed by atoms with Crippen molar-refractivity contribution in [3.63, 3.8) is 0 Å². The van der Waals surface area contributed by atoms with Crippen LogP contribution in [0.2, 0.25) is 5.02 Å². The number of hydrogen-bond donors (Lipinski definition) is 1. The van der Waals surface area contributed by atoms with Crippen LogP contribution in [0.3, 0.4) is 0 Å². The molecule has 0 saturated heterocycles. The largest absolute Gasteiger partial charge is 0.454 e. The second-order valence-electron chi connectivity index (χ2n) is 4.80. The van der Waals surface area contributed by atoms with Crippen molar-refractivity contribution in [2.75, 3.05) is 0 Å². The Balaban J connectivity index is 2.16. The van der Waals surface area contributed by atoms with Gasteiger partial charge in [-0.15, -0.1) is 0 Å². The summed E-state index contributed by atoms with van der Waals surface area (Å²) in [6.45, 7) is 2.01. The molecule has 0 aliphatic heterocycles. The van der Waals surface area contributed by atoms with E-state index in [1.807, 2.05) is 6.92 Å². The summed E-state index contributed by atoms with van der Waals surface area (Å²) in [6.07, 6.45) is 1.52. The van der Waals surface area contributed by atoms with E-state index in [-0.39, 0.29) is 11.8 Å². The number of benzene rings is 2. The van der Waals surface area contributed by atoms with Crippen LogP contribution in [0.5, 0.6) is 11.5 Å². The molecule has 0 amide bonds. The van der Waals surface area contributed by atoms with Gasteiger partial charge in [0, 0.05) is 17.1 Å². The molecule has 112 valence electrons. The molecule has 2 nitrogen and oxygen atoms in total. The minimum atomic E-state index is -0.761. The van der Waals surface area contributed by atoms with Crippen LogP contribution in [-0.4, -0.2) is 6.04 Å². The van der Waals surface area contributed by atoms with Crippen molar-refractivity contribution < 1.29 is 13.5 Å². The minimum Gasteiger partial charge on any atom is -0.454 e. The highest BCUT2D eigenvalue weighted by Gasteiger charge is 2.10. The third-order valence-electron chi connectivity index (χ3n) is 3.15. The van der Waals surface area contributed by atoms with Gasteiger partial charge in [-0.25, -0.2) is 8.78 Å². The zero-order chi connectivity index (χ0) is 15.4. The fourth-order valence-electron chi connectivity index (χ4n) is 1.87. The van der Waals surface area contributed by atoms with Crippen molar-refractivity contribution in [2.24, 2.45) is 5.73 Å². The number of ether oxygens (including phenoxy) is 1. The molecule has 5 heteroatoms. The zero-order valence-corrected chi connectivity index (χ0v) is 12.3. The van der Waals surface area contributed by atoms with E-state index in [1.165, 1.54) is 6.07 Å². The molecule has 2 N–H and O–H groups in total. The number of halogens is 3. The topological polar surface area (TPSA) is 35.2 Å². The van der Waals surface area contributed by atoms with Gasteiger partial charge < -0.3 is 10.5 Å². The Hall–Kier alpha value is -1.65. The van der Waals surface area contributed by atoms with Crippen LogP contribution < -0.4 is 10.5 Å². The van der Waals surface area contributed by atoms with Crippen molar-refractivity contribution in [1.82, 2.24) is 0 Å². The molecule has 1 atom stereocenters. The van der Waals surface area contributed by atoms with Crippen LogP contribution in [0.1, 0.15) is 18.9 Å². The molecular weight excluding hydrogens is 296 g/mol. The predicted molar refractivity (Wildman–Crippen MR) is 79.9 cm³/mol. The van der Waals surface area contributed by atoms with Crippen LogP contribution in [0.15, 0.2) is 36.4 Å². The second-order valence-corrected chi connectivity index (χ2v) is 5.21. The quantitative estimate of drug-likeness (QED) is 0.869. The number of rotatable bonds is 5. The Morgan fingerprint density at radius 2 is 1.95 bits per heavy atom. The lowest BCUT2D eigenvalue weighted by Gasteiger charge is -2.12. The fourth-order valence-corrected chi connectivity index (χ4v) is 2.12. The molecule has 0 aromatic heterocycles. The van der Waals surface area contributed by atoms with Gasteiger partial charge in [0.05, 0.1) is 0 Å². The molecule has 0 aliphatic rings. The monoisotopic (exact) mass is 311 g/mol. The third kappa shape index (κ3) is 4.16. The Kier molecular flexibility index (Phi) is 5.15. The predicted octanol–water partition coefficient (Wildman–Crippen LogP) is 4.69. The number of nitrogens with two attached hydrogens (primary N) is 1. The molecule has 0 bridgehead atoms. The normalized spacial score (nSPS) is 12.2. The van der Waals surface area contributed by atoms with E-state index in [4.69, 9.17) is 22.1 Å². The van der Waals surface area contributed by atoms with Gasteiger partial charge in [-0.3, -0.25) is 0 Å². The van der Waals surface area contributed by atoms with E-state index >= 15 is 0 Å². The summed E-state index contributed by atoms with van der Waals surface area (Å²) in [5.74, 6) is -1.07. The molecule has 0 fully saturated rings. The van der Waals surface area contributed by atoms with Gasteiger partial charge in [-0.1, -0.05) is 24.6 Å². The summed E-state index contributed by atoms with van der Waals surface area (Å²) < 4.78 is 31.7. The van der Waals surface area contributed by atoms with Crippen LogP contribution >= 0.6 is 11.6 Å². The summed E-state index contributed by atoms with van der Waals surface area (Å²) in [6, 6.07) is 8.27. The van der Waals surface area contributed by atoms with Gasteiger partial charge in [0.25, 0.3) is 0 Å². The highest BCUT2D eigenvalue weighted by molar-refractivity contribution is 6.31. The van der Waals surface area contributed by atoms with Gasteiger partial charge in [0.1, 0.15) is 11.6 Å². The first-order chi connectivity index (χ1) is 9.99. The van der Waals surface area contributed by atoms with E-state index in [2.05, 4.69) is 0 Å². The second kappa shape index (κ2) is 6.87. The van der Waals surface area contributed by atoms with Crippen molar-refractivity contribution in [3.05, 3.63) is 58.6 Å². The summed E-state index contributed by atoms with van der Waals surface area (Å²) >= 11 is 6.17. The smallest absolute Gasteiger partial charge is 0.168 e. The van der Waals surface area contributed by atoms with Crippen molar-refractivity contribution >= 4 is 11.6 Å². The highest BCUT2D eigenvalue weighted by Crippen LogP contribution is 2.29. The molecule has 0 radical (unpaired) electrons. The molecule has 1 unspecified atom stereocenters. The molecule has 0 aliphatic carbocycles. The van der Waals surface area contributed by atoms with E-state index in [9.17, 15) is 8.78 Å². The summed E-state index contributed by atoms with van der Waals surface area (Å²) in [7, 11) is 0. The molecule has 2 rings (SSSR count). The van der Waals surface area contributed by atoms with E-state index in [1.54, 1.807) is 18.2 Å². The average molecular weight is 312 g/mol. The highest BCUT2D eigenvalue weighted by atomic mass is 35.5. The zero-order valence-electron chi connectivity index (χ0n) is 11.6. The maximum absolute atomic E-state index is 13.5. The maximum atomic E-state index is 13.5. The van der Waals surface area contributed by atoms with Crippen molar-refractivity contribution in [1.29, 1.82) is 0 Å². The SMILES string of the molecule is CCC(N)Cc1ccc(Oc2ccc(F)cc2F)cc1Cl. The van der Waals surface area contributed by atoms with Gasteiger partial charge in [-0.2, -0.15) is 0 Å². The van der Waals surface area contributed by atoms with Crippen LogP contribution in [0.25, 0.3) is 0 Å². The van der Waals surface area contributed by atoms with Gasteiger partial charge in [0.2, 0.25) is 0 Å². The first-order valence-corrected chi connectivity index (χ1v) is 7.04. The van der Waals surface area contributed by atoms with Gasteiger partial charge >= 0.3 is 0 Å². The lowest BCUT2D eigenvalue weighted by atomic mass is 10.0. The van der Waals surface area contributed by atoms with Crippen LogP contribution in [0.4, 0.5) is 8.78 Å². The fraction of sp³-hybridized carbons (Fsp3) is 0.250. The molecule has 0 spiro atoms. The Bertz CT molecular complexity index is 634. The molecule has 21 heavy (non-hydrogen) atoms. The van der Waals surface area contributed by atoms with Crippen LogP contribution in [0, 0.1) is 11.6 Å². The lowest BCUT2D eigenvalue weighted by molar-refractivity contribution is 0.437. The van der Waals surface area contributed by atoms with Gasteiger partial charge in [0.15, 0.2) is 11.6 Å². The lowest BCUT2D eigenvalue weighted by Crippen LogP contribution is -2.21. The standard InChI is InChI=1S/C16H16ClF2NO/c1-2-12(20)7-10-3-5-13(9-14(10)17)21-16-6-4-11(18)8-15(16)19/h3-6,8-9,12H,2,7,20H2,1H3. The van der Waals surface area contributed by atoms with Gasteiger partial charge in [-0.05, 0) is 42.7 Å². The Morgan fingerprint density at radius 3 is 2.57 bits per heavy atom. The van der Waals surface area contributed by atoms with Crippen molar-refractivity contribution in [2.45, 2.75) is 25.8 Å². The number of hydrogen-bond acceptors (Lipinski definition) is 2. The van der Waals surface area contributed by atoms with E-state index in [0.717, 1.165) is 24.1 Å². The van der Waals surface area contributed by atoms with E-state index < -0.39 is 11.6 Å². The first kappa shape index (κ1) is 15.7. The van der Waals surface area contributed by atoms with Crippen LogP contribution in [-0.2, 0) is 6.42 Å². The first-order valence-electron chi connectivity index (χ1n) is 6.66. The molecule has 2 aromatic rings. The summed E-state index contributed by atoms with van der Waals surface area (Å²) in [5.41, 5.74) is 6.81. The van der Waals surface area contributed by atoms with Crippen molar-refractivity contribution in [3.8, 4) is 11.5 Å². The summed E-state index contributed by atoms with van der Waals surface area (Å²) in [4.78, 5) is 0. The average Bonchev–Trinajstić information content (AvgIpc) is 2.44. The minimum absolute atomic E-state index is 0.0452. The maximum Gasteiger partial charge on any atom is 0.168 e. The third-order valence-corrected chi connectivity index (χ3v) is 3.50. The molecular formula is C16H16ClF2NO. The van der Waals surface area contributed by atoms with E-state index in [0.29, 0.717) is 17.2 Å². The molecule has 0 heterocycles. The molecule has 0 saturated carbocycles.